The minimum absolute atomic E-state index is 0.0735. The Morgan fingerprint density at radius 2 is 2.10 bits per heavy atom. The number of aromatic nitrogens is 2. The summed E-state index contributed by atoms with van der Waals surface area (Å²) >= 11 is 0. The molecule has 2 atom stereocenters. The van der Waals surface area contributed by atoms with Crippen molar-refractivity contribution in [3.8, 4) is 0 Å². The second-order valence-corrected chi connectivity index (χ2v) is 6.43. The van der Waals surface area contributed by atoms with Crippen LogP contribution >= 0.6 is 0 Å². The molecule has 2 heterocycles. The number of carbonyl (C=O) groups excluding carboxylic acids is 1. The molecule has 21 heavy (non-hydrogen) atoms. The summed E-state index contributed by atoms with van der Waals surface area (Å²) in [4.78, 5) is 14.6. The maximum Gasteiger partial charge on any atom is 0.227 e. The smallest absolute Gasteiger partial charge is 0.227 e. The van der Waals surface area contributed by atoms with Crippen LogP contribution in [-0.4, -0.2) is 39.7 Å². The van der Waals surface area contributed by atoms with Crippen LogP contribution < -0.4 is 5.73 Å². The van der Waals surface area contributed by atoms with E-state index in [9.17, 15) is 4.79 Å². The summed E-state index contributed by atoms with van der Waals surface area (Å²) in [5.74, 6) is 0.915. The van der Waals surface area contributed by atoms with Gasteiger partial charge >= 0.3 is 0 Å². The van der Waals surface area contributed by atoms with Crippen molar-refractivity contribution in [2.45, 2.75) is 57.5 Å². The van der Waals surface area contributed by atoms with E-state index in [1.807, 2.05) is 15.8 Å². The number of nitrogens with zero attached hydrogens (tertiary/aromatic N) is 3. The highest BCUT2D eigenvalue weighted by molar-refractivity contribution is 5.80. The molecule has 5 nitrogen and oxygen atoms in total. The molecule has 1 saturated heterocycles. The Balaban J connectivity index is 1.56. The number of hydrogen-bond acceptors (Lipinski definition) is 3. The van der Waals surface area contributed by atoms with Crippen LogP contribution in [0.2, 0.25) is 0 Å². The molecule has 5 heteroatoms. The molecule has 0 radical (unpaired) electrons. The van der Waals surface area contributed by atoms with Crippen molar-refractivity contribution in [2.75, 3.05) is 13.1 Å². The predicted octanol–water partition coefficient (Wildman–Crippen LogP) is 1.74. The van der Waals surface area contributed by atoms with Crippen LogP contribution in [0.1, 0.15) is 50.5 Å². The van der Waals surface area contributed by atoms with Crippen molar-refractivity contribution in [1.29, 1.82) is 0 Å². The minimum atomic E-state index is 0.0735. The van der Waals surface area contributed by atoms with Gasteiger partial charge < -0.3 is 10.6 Å². The van der Waals surface area contributed by atoms with Gasteiger partial charge in [0.2, 0.25) is 5.91 Å². The van der Waals surface area contributed by atoms with Crippen LogP contribution in [0.3, 0.4) is 0 Å². The van der Waals surface area contributed by atoms with Gasteiger partial charge in [0.1, 0.15) is 0 Å². The second-order valence-electron chi connectivity index (χ2n) is 6.43. The van der Waals surface area contributed by atoms with Crippen molar-refractivity contribution in [2.24, 2.45) is 11.7 Å². The number of carbonyl (C=O) groups is 1. The van der Waals surface area contributed by atoms with Crippen LogP contribution in [0.15, 0.2) is 12.4 Å². The Morgan fingerprint density at radius 1 is 1.33 bits per heavy atom. The number of nitrogens with two attached hydrogens (primary N) is 1. The van der Waals surface area contributed by atoms with Gasteiger partial charge in [0, 0.05) is 31.9 Å². The summed E-state index contributed by atoms with van der Waals surface area (Å²) in [7, 11) is 0. The van der Waals surface area contributed by atoms with E-state index in [1.165, 1.54) is 5.56 Å². The summed E-state index contributed by atoms with van der Waals surface area (Å²) in [6, 6.07) is 0.0815. The fourth-order valence-corrected chi connectivity index (χ4v) is 3.73. The van der Waals surface area contributed by atoms with Crippen molar-refractivity contribution in [1.82, 2.24) is 14.7 Å². The zero-order valence-electron chi connectivity index (χ0n) is 12.9. The van der Waals surface area contributed by atoms with Crippen LogP contribution in [0.5, 0.6) is 0 Å². The first-order chi connectivity index (χ1) is 10.2. The second kappa shape index (κ2) is 6.18. The normalized spacial score (nSPS) is 27.2. The molecule has 1 aliphatic carbocycles. The highest BCUT2D eigenvalue weighted by Crippen LogP contribution is 2.31. The zero-order valence-corrected chi connectivity index (χ0v) is 12.9. The van der Waals surface area contributed by atoms with Gasteiger partial charge in [0.25, 0.3) is 0 Å². The number of hydrogen-bond donors (Lipinski definition) is 1. The van der Waals surface area contributed by atoms with Crippen molar-refractivity contribution in [3.05, 3.63) is 18.0 Å². The number of amides is 1. The number of aryl methyl sites for hydroxylation is 1. The predicted molar refractivity (Wildman–Crippen MR) is 81.8 cm³/mol. The molecule has 0 bridgehead atoms. The van der Waals surface area contributed by atoms with E-state index in [2.05, 4.69) is 18.2 Å². The molecular formula is C16H26N4O. The Hall–Kier alpha value is -1.36. The minimum Gasteiger partial charge on any atom is -0.342 e. The van der Waals surface area contributed by atoms with E-state index in [1.54, 1.807) is 0 Å². The summed E-state index contributed by atoms with van der Waals surface area (Å²) < 4.78 is 1.98. The molecule has 2 aliphatic rings. The molecule has 1 saturated carbocycles. The van der Waals surface area contributed by atoms with Crippen LogP contribution in [0.4, 0.5) is 0 Å². The third-order valence-electron chi connectivity index (χ3n) is 5.14. The van der Waals surface area contributed by atoms with Gasteiger partial charge in [-0.05, 0) is 44.1 Å². The summed E-state index contributed by atoms with van der Waals surface area (Å²) in [5.41, 5.74) is 7.39. The fraction of sp³-hybridized carbons (Fsp3) is 0.750. The lowest BCUT2D eigenvalue weighted by Gasteiger charge is -2.34. The lowest BCUT2D eigenvalue weighted by Crippen LogP contribution is -2.45. The average Bonchev–Trinajstić information content (AvgIpc) is 3.15. The molecular weight excluding hydrogens is 264 g/mol. The van der Waals surface area contributed by atoms with Gasteiger partial charge in [-0.25, -0.2) is 0 Å². The van der Waals surface area contributed by atoms with E-state index in [0.29, 0.717) is 11.8 Å². The average molecular weight is 290 g/mol. The van der Waals surface area contributed by atoms with Gasteiger partial charge in [-0.2, -0.15) is 5.10 Å². The molecule has 1 aromatic rings. The van der Waals surface area contributed by atoms with Gasteiger partial charge in [-0.1, -0.05) is 6.42 Å². The Bertz CT molecular complexity index is 490. The molecule has 0 aromatic carbocycles. The quantitative estimate of drug-likeness (QED) is 0.922. The van der Waals surface area contributed by atoms with Crippen LogP contribution in [-0.2, 0) is 11.3 Å². The van der Waals surface area contributed by atoms with Crippen LogP contribution in [0, 0.1) is 5.92 Å². The molecule has 2 fully saturated rings. The molecule has 0 unspecified atom stereocenters. The maximum atomic E-state index is 12.5. The van der Waals surface area contributed by atoms with Gasteiger partial charge in [-0.3, -0.25) is 9.48 Å². The monoisotopic (exact) mass is 290 g/mol. The molecule has 1 aromatic heterocycles. The Kier molecular flexibility index (Phi) is 4.29. The van der Waals surface area contributed by atoms with E-state index >= 15 is 0 Å². The maximum absolute atomic E-state index is 12.5. The fourth-order valence-electron chi connectivity index (χ4n) is 3.73. The Morgan fingerprint density at radius 3 is 2.67 bits per heavy atom. The zero-order chi connectivity index (χ0) is 14.8. The largest absolute Gasteiger partial charge is 0.342 e. The third-order valence-corrected chi connectivity index (χ3v) is 5.14. The van der Waals surface area contributed by atoms with E-state index < -0.39 is 0 Å². The standard InChI is InChI=1S/C16H26N4O/c1-2-20-11-13(10-18-20)12-6-8-19(9-7-12)16(21)14-4-3-5-15(14)17/h10-12,14-15H,2-9,17H2,1H3/t14-,15+/m0/s1. The molecule has 116 valence electrons. The van der Waals surface area contributed by atoms with Gasteiger partial charge in [-0.15, -0.1) is 0 Å². The van der Waals surface area contributed by atoms with E-state index in [4.69, 9.17) is 5.73 Å². The first kappa shape index (κ1) is 14.6. The highest BCUT2D eigenvalue weighted by Gasteiger charge is 2.35. The van der Waals surface area contributed by atoms with Crippen molar-refractivity contribution in [3.63, 3.8) is 0 Å². The number of rotatable bonds is 3. The van der Waals surface area contributed by atoms with E-state index in [0.717, 1.165) is 51.7 Å². The van der Waals surface area contributed by atoms with E-state index in [-0.39, 0.29) is 12.0 Å². The lowest BCUT2D eigenvalue weighted by molar-refractivity contribution is -0.136. The third kappa shape index (κ3) is 2.98. The summed E-state index contributed by atoms with van der Waals surface area (Å²) in [6.45, 7) is 4.74. The van der Waals surface area contributed by atoms with Crippen molar-refractivity contribution >= 4 is 5.91 Å². The molecule has 2 N–H and O–H groups in total. The summed E-state index contributed by atoms with van der Waals surface area (Å²) in [5, 5.41) is 4.36. The SMILES string of the molecule is CCn1cc(C2CCN(C(=O)[C@H]3CCC[C@H]3N)CC2)cn1. The van der Waals surface area contributed by atoms with Crippen molar-refractivity contribution < 1.29 is 4.79 Å². The van der Waals surface area contributed by atoms with Gasteiger partial charge in [0.15, 0.2) is 0 Å². The topological polar surface area (TPSA) is 64.2 Å². The number of piperidine rings is 1. The highest BCUT2D eigenvalue weighted by atomic mass is 16.2. The summed E-state index contributed by atoms with van der Waals surface area (Å²) in [6.07, 6.45) is 9.30. The Labute approximate surface area is 126 Å². The first-order valence-electron chi connectivity index (χ1n) is 8.25. The molecule has 0 spiro atoms. The molecule has 3 rings (SSSR count). The van der Waals surface area contributed by atoms with Crippen LogP contribution in [0.25, 0.3) is 0 Å². The lowest BCUT2D eigenvalue weighted by atomic mass is 9.90. The van der Waals surface area contributed by atoms with Gasteiger partial charge in [0.05, 0.1) is 12.1 Å². The molecule has 1 aliphatic heterocycles. The first-order valence-corrected chi connectivity index (χ1v) is 8.25. The molecule has 1 amide bonds. The number of likely N-dealkylation sites (tertiary alicyclic amines) is 1.